The molecule has 104 valence electrons. The van der Waals surface area contributed by atoms with Crippen LogP contribution in [0.15, 0.2) is 48.5 Å². The molecule has 0 saturated heterocycles. The summed E-state index contributed by atoms with van der Waals surface area (Å²) in [5.41, 5.74) is 3.80. The van der Waals surface area contributed by atoms with Crippen LogP contribution in [0.1, 0.15) is 17.0 Å². The summed E-state index contributed by atoms with van der Waals surface area (Å²) in [5, 5.41) is 18.3. The summed E-state index contributed by atoms with van der Waals surface area (Å²) in [6.45, 7) is 0. The van der Waals surface area contributed by atoms with Crippen LogP contribution in [0.5, 0.6) is 0 Å². The van der Waals surface area contributed by atoms with Gasteiger partial charge in [0.05, 0.1) is 28.2 Å². The minimum atomic E-state index is 0.489. The van der Waals surface area contributed by atoms with E-state index in [0.717, 1.165) is 16.6 Å². The van der Waals surface area contributed by atoms with Crippen molar-refractivity contribution >= 4 is 22.7 Å². The van der Waals surface area contributed by atoms with Crippen molar-refractivity contribution < 1.29 is 0 Å². The minimum absolute atomic E-state index is 0.489. The van der Waals surface area contributed by atoms with Crippen LogP contribution >= 0.6 is 0 Å². The molecule has 4 nitrogen and oxygen atoms in total. The highest BCUT2D eigenvalue weighted by Crippen LogP contribution is 2.22. The van der Waals surface area contributed by atoms with Crippen molar-refractivity contribution in [3.05, 3.63) is 65.5 Å². The van der Waals surface area contributed by atoms with Crippen molar-refractivity contribution in [1.29, 1.82) is 10.5 Å². The van der Waals surface area contributed by atoms with Gasteiger partial charge in [-0.15, -0.1) is 0 Å². The number of nitriles is 2. The van der Waals surface area contributed by atoms with E-state index < -0.39 is 0 Å². The molecule has 3 aromatic rings. The Morgan fingerprint density at radius 2 is 1.82 bits per heavy atom. The fourth-order valence-electron chi connectivity index (χ4n) is 2.35. The molecule has 0 aliphatic heterocycles. The zero-order chi connectivity index (χ0) is 15.5. The molecule has 0 fully saturated rings. The Morgan fingerprint density at radius 1 is 1.09 bits per heavy atom. The Kier molecular flexibility index (Phi) is 3.43. The van der Waals surface area contributed by atoms with Gasteiger partial charge in [0.1, 0.15) is 6.07 Å². The van der Waals surface area contributed by atoms with Gasteiger partial charge in [-0.1, -0.05) is 24.3 Å². The normalized spacial score (nSPS) is 11.1. The number of aromatic nitrogens is 2. The first-order chi connectivity index (χ1) is 10.7. The molecule has 0 N–H and O–H groups in total. The van der Waals surface area contributed by atoms with Crippen molar-refractivity contribution in [1.82, 2.24) is 9.55 Å². The summed E-state index contributed by atoms with van der Waals surface area (Å²) >= 11 is 0. The highest BCUT2D eigenvalue weighted by atomic mass is 15.1. The molecule has 3 rings (SSSR count). The van der Waals surface area contributed by atoms with Crippen molar-refractivity contribution in [2.24, 2.45) is 7.05 Å². The van der Waals surface area contributed by atoms with Gasteiger partial charge in [0.2, 0.25) is 0 Å². The van der Waals surface area contributed by atoms with Crippen LogP contribution in [0.3, 0.4) is 0 Å². The van der Waals surface area contributed by atoms with Crippen molar-refractivity contribution in [3.63, 3.8) is 0 Å². The van der Waals surface area contributed by atoms with Crippen LogP contribution < -0.4 is 0 Å². The monoisotopic (exact) mass is 284 g/mol. The van der Waals surface area contributed by atoms with Gasteiger partial charge in [-0.25, -0.2) is 4.98 Å². The summed E-state index contributed by atoms with van der Waals surface area (Å²) in [5.74, 6) is 0.632. The number of imidazole rings is 1. The van der Waals surface area contributed by atoms with Gasteiger partial charge >= 0.3 is 0 Å². The lowest BCUT2D eigenvalue weighted by Gasteiger charge is -2.01. The minimum Gasteiger partial charge on any atom is -0.327 e. The molecule has 1 aromatic heterocycles. The zero-order valence-electron chi connectivity index (χ0n) is 12.0. The Hall–Kier alpha value is -3.37. The number of nitrogens with zero attached hydrogens (tertiary/aromatic N) is 4. The van der Waals surface area contributed by atoms with Gasteiger partial charge in [-0.05, 0) is 35.9 Å². The van der Waals surface area contributed by atoms with Crippen LogP contribution in [-0.4, -0.2) is 9.55 Å². The van der Waals surface area contributed by atoms with E-state index in [0.29, 0.717) is 17.0 Å². The average molecular weight is 284 g/mol. The predicted octanol–water partition coefficient (Wildman–Crippen LogP) is 3.51. The van der Waals surface area contributed by atoms with Crippen molar-refractivity contribution in [2.75, 3.05) is 0 Å². The van der Waals surface area contributed by atoms with E-state index in [1.54, 1.807) is 18.2 Å². The largest absolute Gasteiger partial charge is 0.327 e. The number of benzene rings is 2. The number of allylic oxidation sites excluding steroid dienone is 1. The quantitative estimate of drug-likeness (QED) is 0.676. The third-order valence-electron chi connectivity index (χ3n) is 3.50. The Balaban J connectivity index is 2.09. The number of rotatable bonds is 2. The summed E-state index contributed by atoms with van der Waals surface area (Å²) in [4.78, 5) is 4.53. The first kappa shape index (κ1) is 13.6. The SMILES string of the molecule is Cn1c(/C(C#N)=C\c2ccc(C#N)cc2)nc2ccccc21. The van der Waals surface area contributed by atoms with Gasteiger partial charge < -0.3 is 4.57 Å². The molecule has 4 heteroatoms. The summed E-state index contributed by atoms with van der Waals surface area (Å²) < 4.78 is 1.91. The molecule has 0 aliphatic carbocycles. The number of hydrogen-bond acceptors (Lipinski definition) is 3. The molecule has 0 spiro atoms. The van der Waals surface area contributed by atoms with Crippen molar-refractivity contribution in [2.45, 2.75) is 0 Å². The van der Waals surface area contributed by atoms with Gasteiger partial charge in [0, 0.05) is 7.05 Å². The molecular weight excluding hydrogens is 272 g/mol. The van der Waals surface area contributed by atoms with E-state index in [-0.39, 0.29) is 0 Å². The number of fused-ring (bicyclic) bond motifs is 1. The molecule has 0 aliphatic rings. The number of hydrogen-bond donors (Lipinski definition) is 0. The second kappa shape index (κ2) is 5.55. The smallest absolute Gasteiger partial charge is 0.151 e. The number of para-hydroxylation sites is 2. The van der Waals surface area contributed by atoms with Crippen LogP contribution in [0, 0.1) is 22.7 Å². The maximum absolute atomic E-state index is 9.47. The lowest BCUT2D eigenvalue weighted by molar-refractivity contribution is 0.925. The van der Waals surface area contributed by atoms with Gasteiger partial charge in [0.25, 0.3) is 0 Å². The molecule has 0 unspecified atom stereocenters. The standard InChI is InChI=1S/C18H12N4/c1-22-17-5-3-2-4-16(17)21-18(22)15(12-20)10-13-6-8-14(11-19)9-7-13/h2-10H,1H3/b15-10-. The second-order valence-corrected chi connectivity index (χ2v) is 4.89. The molecule has 0 radical (unpaired) electrons. The third kappa shape index (κ3) is 2.34. The fourth-order valence-corrected chi connectivity index (χ4v) is 2.35. The topological polar surface area (TPSA) is 65.4 Å². The zero-order valence-corrected chi connectivity index (χ0v) is 12.0. The van der Waals surface area contributed by atoms with E-state index >= 15 is 0 Å². The van der Waals surface area contributed by atoms with E-state index in [2.05, 4.69) is 17.1 Å². The Bertz CT molecular complexity index is 947. The highest BCUT2D eigenvalue weighted by Gasteiger charge is 2.11. The molecule has 0 saturated carbocycles. The summed E-state index contributed by atoms with van der Waals surface area (Å²) in [7, 11) is 1.90. The summed E-state index contributed by atoms with van der Waals surface area (Å²) in [6, 6.07) is 19.2. The van der Waals surface area contributed by atoms with Gasteiger partial charge in [0.15, 0.2) is 5.82 Å². The Labute approximate surface area is 128 Å². The third-order valence-corrected chi connectivity index (χ3v) is 3.50. The average Bonchev–Trinajstić information content (AvgIpc) is 2.90. The van der Waals surface area contributed by atoms with Gasteiger partial charge in [-0.3, -0.25) is 0 Å². The Morgan fingerprint density at radius 3 is 2.45 bits per heavy atom. The molecule has 1 heterocycles. The van der Waals surface area contributed by atoms with Crippen molar-refractivity contribution in [3.8, 4) is 12.1 Å². The second-order valence-electron chi connectivity index (χ2n) is 4.89. The maximum atomic E-state index is 9.47. The predicted molar refractivity (Wildman–Crippen MR) is 85.4 cm³/mol. The molecule has 0 bridgehead atoms. The number of aryl methyl sites for hydroxylation is 1. The van der Waals surface area contributed by atoms with Crippen LogP contribution in [0.4, 0.5) is 0 Å². The molecule has 0 atom stereocenters. The molecule has 2 aromatic carbocycles. The maximum Gasteiger partial charge on any atom is 0.151 e. The van der Waals surface area contributed by atoms with Crippen LogP contribution in [-0.2, 0) is 7.05 Å². The summed E-state index contributed by atoms with van der Waals surface area (Å²) in [6.07, 6.45) is 1.78. The van der Waals surface area contributed by atoms with E-state index in [9.17, 15) is 5.26 Å². The van der Waals surface area contributed by atoms with E-state index in [4.69, 9.17) is 5.26 Å². The fraction of sp³-hybridized carbons (Fsp3) is 0.0556. The molecule has 22 heavy (non-hydrogen) atoms. The van der Waals surface area contributed by atoms with E-state index in [1.165, 1.54) is 0 Å². The lowest BCUT2D eigenvalue weighted by Crippen LogP contribution is -1.96. The van der Waals surface area contributed by atoms with Gasteiger partial charge in [-0.2, -0.15) is 10.5 Å². The lowest BCUT2D eigenvalue weighted by atomic mass is 10.1. The van der Waals surface area contributed by atoms with E-state index in [1.807, 2.05) is 48.0 Å². The van der Waals surface area contributed by atoms with Crippen LogP contribution in [0.25, 0.3) is 22.7 Å². The van der Waals surface area contributed by atoms with Crippen LogP contribution in [0.2, 0.25) is 0 Å². The molecular formula is C18H12N4. The first-order valence-corrected chi connectivity index (χ1v) is 6.76. The molecule has 0 amide bonds. The highest BCUT2D eigenvalue weighted by molar-refractivity contribution is 5.90. The first-order valence-electron chi connectivity index (χ1n) is 6.76.